The molecule has 1 unspecified atom stereocenters. The van der Waals surface area contributed by atoms with E-state index in [1.54, 1.807) is 25.1 Å². The zero-order chi connectivity index (χ0) is 17.2. The van der Waals surface area contributed by atoms with Crippen LogP contribution in [0.15, 0.2) is 18.2 Å². The topological polar surface area (TPSA) is 76.7 Å². The monoisotopic (exact) mass is 322 g/mol. The molecule has 0 saturated heterocycles. The molecular formula is C17H26N2O4. The molecule has 23 heavy (non-hydrogen) atoms. The minimum atomic E-state index is -0.608. The maximum atomic E-state index is 12.0. The van der Waals surface area contributed by atoms with Gasteiger partial charge in [-0.1, -0.05) is 13.8 Å². The third kappa shape index (κ3) is 6.59. The van der Waals surface area contributed by atoms with Gasteiger partial charge in [0.25, 0.3) is 0 Å². The van der Waals surface area contributed by atoms with E-state index >= 15 is 0 Å². The Labute approximate surface area is 137 Å². The molecule has 1 atom stereocenters. The van der Waals surface area contributed by atoms with Crippen molar-refractivity contribution in [3.8, 4) is 11.5 Å². The molecule has 128 valence electrons. The van der Waals surface area contributed by atoms with Crippen LogP contribution >= 0.6 is 0 Å². The van der Waals surface area contributed by atoms with Gasteiger partial charge in [0.05, 0.1) is 13.2 Å². The molecule has 0 fully saturated rings. The third-order valence-electron chi connectivity index (χ3n) is 2.95. The number of hydrogen-bond donors (Lipinski definition) is 2. The smallest absolute Gasteiger partial charge is 0.246 e. The molecular weight excluding hydrogens is 296 g/mol. The van der Waals surface area contributed by atoms with Crippen molar-refractivity contribution in [2.45, 2.75) is 46.6 Å². The number of nitrogens with one attached hydrogen (secondary N) is 2. The second-order valence-electron chi connectivity index (χ2n) is 5.27. The standard InChI is InChI=1S/C17H26N2O4/c1-5-9-22-15-8-7-14(11-16(15)23-10-6-2)19-17(21)12(3)18-13(4)20/h7-8,11-12H,5-6,9-10H2,1-4H3,(H,18,20)(H,19,21). The Kier molecular flexibility index (Phi) is 7.94. The molecule has 0 spiro atoms. The van der Waals surface area contributed by atoms with Gasteiger partial charge in [0.1, 0.15) is 6.04 Å². The van der Waals surface area contributed by atoms with Crippen molar-refractivity contribution in [1.82, 2.24) is 5.32 Å². The van der Waals surface area contributed by atoms with Gasteiger partial charge in [-0.05, 0) is 31.9 Å². The molecule has 1 aromatic carbocycles. The molecule has 0 aliphatic heterocycles. The Morgan fingerprint density at radius 1 is 1.09 bits per heavy atom. The van der Waals surface area contributed by atoms with E-state index in [0.717, 1.165) is 12.8 Å². The van der Waals surface area contributed by atoms with Crippen LogP contribution < -0.4 is 20.1 Å². The lowest BCUT2D eigenvalue weighted by Crippen LogP contribution is -2.40. The third-order valence-corrected chi connectivity index (χ3v) is 2.95. The summed E-state index contributed by atoms with van der Waals surface area (Å²) in [6.45, 7) is 8.23. The summed E-state index contributed by atoms with van der Waals surface area (Å²) in [5, 5.41) is 5.30. The number of rotatable bonds is 9. The Balaban J connectivity index is 2.82. The van der Waals surface area contributed by atoms with Crippen LogP contribution in [0.1, 0.15) is 40.5 Å². The second kappa shape index (κ2) is 9.71. The molecule has 0 heterocycles. The maximum Gasteiger partial charge on any atom is 0.246 e. The summed E-state index contributed by atoms with van der Waals surface area (Å²) < 4.78 is 11.3. The van der Waals surface area contributed by atoms with Crippen LogP contribution in [-0.4, -0.2) is 31.1 Å². The van der Waals surface area contributed by atoms with Gasteiger partial charge in [0.2, 0.25) is 11.8 Å². The molecule has 0 saturated carbocycles. The van der Waals surface area contributed by atoms with Crippen LogP contribution in [0.5, 0.6) is 11.5 Å². The Morgan fingerprint density at radius 2 is 1.70 bits per heavy atom. The van der Waals surface area contributed by atoms with Crippen LogP contribution in [0.25, 0.3) is 0 Å². The fourth-order valence-electron chi connectivity index (χ4n) is 1.86. The lowest BCUT2D eigenvalue weighted by molar-refractivity contribution is -0.124. The van der Waals surface area contributed by atoms with Crippen LogP contribution in [0.4, 0.5) is 5.69 Å². The molecule has 0 aromatic heterocycles. The largest absolute Gasteiger partial charge is 0.490 e. The quantitative estimate of drug-likeness (QED) is 0.733. The minimum Gasteiger partial charge on any atom is -0.490 e. The van der Waals surface area contributed by atoms with Gasteiger partial charge in [0.15, 0.2) is 11.5 Å². The van der Waals surface area contributed by atoms with E-state index in [0.29, 0.717) is 30.4 Å². The highest BCUT2D eigenvalue weighted by Gasteiger charge is 2.15. The molecule has 1 rings (SSSR count). The minimum absolute atomic E-state index is 0.247. The first kappa shape index (κ1) is 18.8. The fourth-order valence-corrected chi connectivity index (χ4v) is 1.86. The summed E-state index contributed by atoms with van der Waals surface area (Å²) in [6.07, 6.45) is 1.78. The molecule has 0 aliphatic rings. The van der Waals surface area contributed by atoms with Gasteiger partial charge in [-0.25, -0.2) is 0 Å². The summed E-state index contributed by atoms with van der Waals surface area (Å²) in [6, 6.07) is 4.66. The van der Waals surface area contributed by atoms with E-state index in [1.807, 2.05) is 13.8 Å². The summed E-state index contributed by atoms with van der Waals surface area (Å²) in [5.74, 6) is 0.727. The van der Waals surface area contributed by atoms with Gasteiger partial charge in [0, 0.05) is 18.7 Å². The highest BCUT2D eigenvalue weighted by atomic mass is 16.5. The van der Waals surface area contributed by atoms with E-state index in [-0.39, 0.29) is 11.8 Å². The number of carbonyl (C=O) groups is 2. The number of ether oxygens (including phenoxy) is 2. The van der Waals surface area contributed by atoms with E-state index in [9.17, 15) is 9.59 Å². The van der Waals surface area contributed by atoms with Crippen molar-refractivity contribution in [2.24, 2.45) is 0 Å². The van der Waals surface area contributed by atoms with Gasteiger partial charge in [-0.15, -0.1) is 0 Å². The SMILES string of the molecule is CCCOc1ccc(NC(=O)C(C)NC(C)=O)cc1OCCC. The van der Waals surface area contributed by atoms with Crippen LogP contribution in [0, 0.1) is 0 Å². The molecule has 6 nitrogen and oxygen atoms in total. The predicted molar refractivity (Wildman–Crippen MR) is 89.9 cm³/mol. The maximum absolute atomic E-state index is 12.0. The van der Waals surface area contributed by atoms with Crippen LogP contribution in [0.2, 0.25) is 0 Å². The average molecular weight is 322 g/mol. The van der Waals surface area contributed by atoms with Crippen LogP contribution in [-0.2, 0) is 9.59 Å². The van der Waals surface area contributed by atoms with Crippen molar-refractivity contribution in [3.05, 3.63) is 18.2 Å². The van der Waals surface area contributed by atoms with E-state index in [4.69, 9.17) is 9.47 Å². The highest BCUT2D eigenvalue weighted by Crippen LogP contribution is 2.31. The Bertz CT molecular complexity index is 531. The van der Waals surface area contributed by atoms with Gasteiger partial charge in [-0.3, -0.25) is 9.59 Å². The molecule has 0 radical (unpaired) electrons. The zero-order valence-electron chi connectivity index (χ0n) is 14.3. The average Bonchev–Trinajstić information content (AvgIpc) is 2.51. The van der Waals surface area contributed by atoms with Gasteiger partial charge < -0.3 is 20.1 Å². The summed E-state index contributed by atoms with van der Waals surface area (Å²) in [5.41, 5.74) is 0.599. The lowest BCUT2D eigenvalue weighted by Gasteiger charge is -2.16. The first-order valence-corrected chi connectivity index (χ1v) is 7.95. The van der Waals surface area contributed by atoms with E-state index < -0.39 is 6.04 Å². The number of benzene rings is 1. The normalized spacial score (nSPS) is 11.5. The lowest BCUT2D eigenvalue weighted by atomic mass is 10.2. The first-order valence-electron chi connectivity index (χ1n) is 7.95. The summed E-state index contributed by atoms with van der Waals surface area (Å²) >= 11 is 0. The van der Waals surface area contributed by atoms with E-state index in [1.165, 1.54) is 6.92 Å². The number of anilines is 1. The van der Waals surface area contributed by atoms with Gasteiger partial charge in [-0.2, -0.15) is 0 Å². The van der Waals surface area contributed by atoms with Crippen molar-refractivity contribution >= 4 is 17.5 Å². The molecule has 0 aliphatic carbocycles. The van der Waals surface area contributed by atoms with E-state index in [2.05, 4.69) is 10.6 Å². The number of hydrogen-bond acceptors (Lipinski definition) is 4. The number of amides is 2. The molecule has 2 amide bonds. The second-order valence-corrected chi connectivity index (χ2v) is 5.27. The molecule has 2 N–H and O–H groups in total. The van der Waals surface area contributed by atoms with Gasteiger partial charge >= 0.3 is 0 Å². The Morgan fingerprint density at radius 3 is 2.26 bits per heavy atom. The fraction of sp³-hybridized carbons (Fsp3) is 0.529. The molecule has 1 aromatic rings. The first-order chi connectivity index (χ1) is 11.0. The zero-order valence-corrected chi connectivity index (χ0v) is 14.3. The van der Waals surface area contributed by atoms with Crippen LogP contribution in [0.3, 0.4) is 0 Å². The van der Waals surface area contributed by atoms with Crippen molar-refractivity contribution in [2.75, 3.05) is 18.5 Å². The predicted octanol–water partition coefficient (Wildman–Crippen LogP) is 2.73. The van der Waals surface area contributed by atoms with Crippen molar-refractivity contribution < 1.29 is 19.1 Å². The summed E-state index contributed by atoms with van der Waals surface area (Å²) in [4.78, 5) is 23.0. The Hall–Kier alpha value is -2.24. The molecule has 6 heteroatoms. The number of carbonyl (C=O) groups excluding carboxylic acids is 2. The molecule has 0 bridgehead atoms. The van der Waals surface area contributed by atoms with Crippen molar-refractivity contribution in [1.29, 1.82) is 0 Å². The van der Waals surface area contributed by atoms with Crippen molar-refractivity contribution in [3.63, 3.8) is 0 Å². The highest BCUT2D eigenvalue weighted by molar-refractivity contribution is 5.96. The summed E-state index contributed by atoms with van der Waals surface area (Å²) in [7, 11) is 0.